The minimum atomic E-state index is -0.365. The maximum atomic E-state index is 12.0. The van der Waals surface area contributed by atoms with Crippen LogP contribution in [-0.2, 0) is 10.3 Å². The smallest absolute Gasteiger partial charge is 0.229 e. The van der Waals surface area contributed by atoms with Crippen LogP contribution in [0.15, 0.2) is 4.52 Å². The van der Waals surface area contributed by atoms with Gasteiger partial charge in [0.05, 0.1) is 5.54 Å². The molecule has 1 aromatic rings. The van der Waals surface area contributed by atoms with Gasteiger partial charge in [0.2, 0.25) is 11.8 Å². The molecule has 2 N–H and O–H groups in total. The maximum Gasteiger partial charge on any atom is 0.229 e. The molecule has 1 aromatic heterocycles. The van der Waals surface area contributed by atoms with Crippen LogP contribution in [0.5, 0.6) is 0 Å². The van der Waals surface area contributed by atoms with Crippen molar-refractivity contribution in [1.82, 2.24) is 15.0 Å². The SMILES string of the molecule is CC(C)C(=O)N1CCC(c2nc(C3(N)CCC3)no2)CC1.Cl. The Labute approximate surface area is 137 Å². The third-order valence-corrected chi connectivity index (χ3v) is 4.78. The standard InChI is InChI=1S/C15H24N4O2.ClH/c1-10(2)13(20)19-8-4-11(5-9-19)12-17-14(18-21-12)15(16)6-3-7-15;/h10-11H,3-9,16H2,1-2H3;1H. The molecule has 7 heteroatoms. The second-order valence-corrected chi connectivity index (χ2v) is 6.72. The van der Waals surface area contributed by atoms with E-state index in [0.29, 0.717) is 11.7 Å². The molecule has 1 saturated carbocycles. The third kappa shape index (κ3) is 3.13. The molecule has 0 unspecified atom stereocenters. The lowest BCUT2D eigenvalue weighted by Crippen LogP contribution is -2.44. The number of aromatic nitrogens is 2. The summed E-state index contributed by atoms with van der Waals surface area (Å²) in [6.45, 7) is 5.43. The molecule has 3 rings (SSSR count). The maximum absolute atomic E-state index is 12.0. The van der Waals surface area contributed by atoms with Crippen molar-refractivity contribution in [3.8, 4) is 0 Å². The molecule has 1 aliphatic heterocycles. The van der Waals surface area contributed by atoms with Crippen LogP contribution in [0.2, 0.25) is 0 Å². The summed E-state index contributed by atoms with van der Waals surface area (Å²) in [6, 6.07) is 0. The molecule has 6 nitrogen and oxygen atoms in total. The average Bonchev–Trinajstić information content (AvgIpc) is 2.94. The van der Waals surface area contributed by atoms with Crippen LogP contribution < -0.4 is 5.73 Å². The molecule has 1 aliphatic carbocycles. The zero-order valence-corrected chi connectivity index (χ0v) is 14.1. The lowest BCUT2D eigenvalue weighted by atomic mass is 9.77. The molecule has 1 saturated heterocycles. The number of hydrogen-bond donors (Lipinski definition) is 1. The summed E-state index contributed by atoms with van der Waals surface area (Å²) < 4.78 is 5.42. The van der Waals surface area contributed by atoms with E-state index in [0.717, 1.165) is 45.2 Å². The molecule has 124 valence electrons. The predicted octanol–water partition coefficient (Wildman–Crippen LogP) is 2.19. The second-order valence-electron chi connectivity index (χ2n) is 6.72. The molecule has 2 aliphatic rings. The summed E-state index contributed by atoms with van der Waals surface area (Å²) in [5.41, 5.74) is 5.86. The van der Waals surface area contributed by atoms with Gasteiger partial charge in [-0.2, -0.15) is 4.98 Å². The molecule has 2 heterocycles. The number of halogens is 1. The van der Waals surface area contributed by atoms with E-state index in [1.54, 1.807) is 0 Å². The lowest BCUT2D eigenvalue weighted by Gasteiger charge is -2.34. The van der Waals surface area contributed by atoms with Crippen molar-refractivity contribution >= 4 is 18.3 Å². The Morgan fingerprint density at radius 2 is 2.00 bits per heavy atom. The molecule has 0 radical (unpaired) electrons. The first-order valence-electron chi connectivity index (χ1n) is 7.91. The van der Waals surface area contributed by atoms with E-state index in [-0.39, 0.29) is 35.7 Å². The summed E-state index contributed by atoms with van der Waals surface area (Å²) in [6.07, 6.45) is 4.78. The molecule has 22 heavy (non-hydrogen) atoms. The zero-order valence-electron chi connectivity index (χ0n) is 13.2. The topological polar surface area (TPSA) is 85.2 Å². The van der Waals surface area contributed by atoms with Crippen molar-refractivity contribution in [2.75, 3.05) is 13.1 Å². The number of nitrogens with two attached hydrogens (primary N) is 1. The van der Waals surface area contributed by atoms with Gasteiger partial charge in [0, 0.05) is 24.9 Å². The number of carbonyl (C=O) groups excluding carboxylic acids is 1. The monoisotopic (exact) mass is 328 g/mol. The van der Waals surface area contributed by atoms with Crippen molar-refractivity contribution in [1.29, 1.82) is 0 Å². The van der Waals surface area contributed by atoms with Crippen LogP contribution >= 0.6 is 12.4 Å². The van der Waals surface area contributed by atoms with Crippen LogP contribution in [-0.4, -0.2) is 34.0 Å². The molecular formula is C15H25ClN4O2. The first-order chi connectivity index (χ1) is 9.99. The summed E-state index contributed by atoms with van der Waals surface area (Å²) >= 11 is 0. The van der Waals surface area contributed by atoms with E-state index in [1.165, 1.54) is 0 Å². The van der Waals surface area contributed by atoms with E-state index in [9.17, 15) is 4.79 Å². The molecule has 2 fully saturated rings. The van der Waals surface area contributed by atoms with Gasteiger partial charge in [-0.3, -0.25) is 4.79 Å². The summed E-state index contributed by atoms with van der Waals surface area (Å²) in [5, 5.41) is 4.08. The largest absolute Gasteiger partial charge is 0.342 e. The Kier molecular flexibility index (Phi) is 5.12. The zero-order chi connectivity index (χ0) is 15.0. The second kappa shape index (κ2) is 6.54. The van der Waals surface area contributed by atoms with Crippen molar-refractivity contribution < 1.29 is 9.32 Å². The highest BCUT2D eigenvalue weighted by Crippen LogP contribution is 2.38. The number of nitrogens with zero attached hydrogens (tertiary/aromatic N) is 3. The van der Waals surface area contributed by atoms with Crippen LogP contribution in [0.3, 0.4) is 0 Å². The fourth-order valence-corrected chi connectivity index (χ4v) is 3.10. The lowest BCUT2D eigenvalue weighted by molar-refractivity contribution is -0.135. The fraction of sp³-hybridized carbons (Fsp3) is 0.800. The predicted molar refractivity (Wildman–Crippen MR) is 84.7 cm³/mol. The van der Waals surface area contributed by atoms with Gasteiger partial charge in [0.1, 0.15) is 0 Å². The van der Waals surface area contributed by atoms with Gasteiger partial charge >= 0.3 is 0 Å². The summed E-state index contributed by atoms with van der Waals surface area (Å²) in [7, 11) is 0. The van der Waals surface area contributed by atoms with E-state index in [4.69, 9.17) is 10.3 Å². The highest BCUT2D eigenvalue weighted by atomic mass is 35.5. The number of hydrogen-bond acceptors (Lipinski definition) is 5. The van der Waals surface area contributed by atoms with Gasteiger partial charge in [0.25, 0.3) is 0 Å². The van der Waals surface area contributed by atoms with Gasteiger partial charge in [-0.25, -0.2) is 0 Å². The molecule has 1 amide bonds. The average molecular weight is 329 g/mol. The normalized spacial score (nSPS) is 21.4. The number of amides is 1. The number of rotatable bonds is 3. The Morgan fingerprint density at radius 3 is 2.50 bits per heavy atom. The molecule has 0 aromatic carbocycles. The third-order valence-electron chi connectivity index (χ3n) is 4.78. The highest BCUT2D eigenvalue weighted by molar-refractivity contribution is 5.85. The van der Waals surface area contributed by atoms with Gasteiger partial charge < -0.3 is 15.2 Å². The van der Waals surface area contributed by atoms with Crippen LogP contribution in [0.25, 0.3) is 0 Å². The van der Waals surface area contributed by atoms with E-state index in [2.05, 4.69) is 10.1 Å². The number of piperidine rings is 1. The van der Waals surface area contributed by atoms with Crippen LogP contribution in [0.4, 0.5) is 0 Å². The van der Waals surface area contributed by atoms with Crippen LogP contribution in [0, 0.1) is 5.92 Å². The van der Waals surface area contributed by atoms with Gasteiger partial charge in [-0.15, -0.1) is 12.4 Å². The summed E-state index contributed by atoms with van der Waals surface area (Å²) in [5.74, 6) is 1.90. The van der Waals surface area contributed by atoms with Crippen LogP contribution in [0.1, 0.15) is 63.6 Å². The minimum Gasteiger partial charge on any atom is -0.342 e. The summed E-state index contributed by atoms with van der Waals surface area (Å²) in [4.78, 5) is 18.4. The Bertz CT molecular complexity index is 519. The molecule has 0 bridgehead atoms. The Hall–Kier alpha value is -1.14. The van der Waals surface area contributed by atoms with E-state index >= 15 is 0 Å². The van der Waals surface area contributed by atoms with Crippen molar-refractivity contribution in [2.45, 2.75) is 57.4 Å². The fourth-order valence-electron chi connectivity index (χ4n) is 3.10. The number of likely N-dealkylation sites (tertiary alicyclic amines) is 1. The first-order valence-corrected chi connectivity index (χ1v) is 7.91. The highest BCUT2D eigenvalue weighted by Gasteiger charge is 2.39. The Morgan fingerprint density at radius 1 is 1.36 bits per heavy atom. The molecule has 0 atom stereocenters. The van der Waals surface area contributed by atoms with E-state index in [1.807, 2.05) is 18.7 Å². The quantitative estimate of drug-likeness (QED) is 0.919. The van der Waals surface area contributed by atoms with Gasteiger partial charge in [0.15, 0.2) is 5.82 Å². The van der Waals surface area contributed by atoms with E-state index < -0.39 is 0 Å². The van der Waals surface area contributed by atoms with Gasteiger partial charge in [-0.1, -0.05) is 19.0 Å². The number of carbonyl (C=O) groups is 1. The first kappa shape index (κ1) is 17.2. The van der Waals surface area contributed by atoms with Crippen molar-refractivity contribution in [2.24, 2.45) is 11.7 Å². The molecular weight excluding hydrogens is 304 g/mol. The molecule has 0 spiro atoms. The van der Waals surface area contributed by atoms with Crippen molar-refractivity contribution in [3.63, 3.8) is 0 Å². The Balaban J connectivity index is 0.00000176. The van der Waals surface area contributed by atoms with Crippen molar-refractivity contribution in [3.05, 3.63) is 11.7 Å². The van der Waals surface area contributed by atoms with Gasteiger partial charge in [-0.05, 0) is 32.1 Å². The minimum absolute atomic E-state index is 0.